The number of rotatable bonds is 3. The van der Waals surface area contributed by atoms with E-state index in [4.69, 9.17) is 20.6 Å². The Morgan fingerprint density at radius 3 is 2.96 bits per heavy atom. The fourth-order valence-electron chi connectivity index (χ4n) is 2.69. The van der Waals surface area contributed by atoms with Gasteiger partial charge in [-0.2, -0.15) is 4.99 Å². The number of terminal acetylenes is 1. The van der Waals surface area contributed by atoms with Crippen LogP contribution < -0.4 is 19.0 Å². The summed E-state index contributed by atoms with van der Waals surface area (Å²) in [5.74, 6) is 4.15. The van der Waals surface area contributed by atoms with Gasteiger partial charge in [0.2, 0.25) is 6.79 Å². The molecule has 1 aliphatic rings. The molecule has 0 bridgehead atoms. The summed E-state index contributed by atoms with van der Waals surface area (Å²) in [7, 11) is 1.61. The molecule has 1 aliphatic heterocycles. The van der Waals surface area contributed by atoms with Crippen LogP contribution in [0.4, 0.5) is 0 Å². The van der Waals surface area contributed by atoms with Crippen LogP contribution in [0.2, 0.25) is 0 Å². The molecule has 0 saturated carbocycles. The number of ether oxygens (including phenoxy) is 3. The Morgan fingerprint density at radius 1 is 1.31 bits per heavy atom. The van der Waals surface area contributed by atoms with Crippen LogP contribution in [-0.2, 0) is 6.54 Å². The zero-order chi connectivity index (χ0) is 18.1. The van der Waals surface area contributed by atoms with Gasteiger partial charge >= 0.3 is 0 Å². The Balaban J connectivity index is 1.80. The number of benzene rings is 2. The average molecular weight is 366 g/mol. The van der Waals surface area contributed by atoms with Gasteiger partial charge in [-0.05, 0) is 36.4 Å². The molecule has 0 atom stereocenters. The predicted octanol–water partition coefficient (Wildman–Crippen LogP) is 2.81. The number of nitrogens with zero attached hydrogens (tertiary/aromatic N) is 2. The van der Waals surface area contributed by atoms with Gasteiger partial charge in [0, 0.05) is 5.56 Å². The summed E-state index contributed by atoms with van der Waals surface area (Å²) >= 11 is 1.39. The Kier molecular flexibility index (Phi) is 4.11. The van der Waals surface area contributed by atoms with Crippen LogP contribution >= 0.6 is 11.3 Å². The molecule has 0 saturated heterocycles. The van der Waals surface area contributed by atoms with E-state index in [1.54, 1.807) is 25.3 Å². The van der Waals surface area contributed by atoms with Crippen LogP contribution in [0.3, 0.4) is 0 Å². The smallest absolute Gasteiger partial charge is 0.279 e. The molecule has 0 N–H and O–H groups in total. The van der Waals surface area contributed by atoms with Gasteiger partial charge in [0.15, 0.2) is 16.3 Å². The molecule has 3 aromatic rings. The Morgan fingerprint density at radius 2 is 2.15 bits per heavy atom. The summed E-state index contributed by atoms with van der Waals surface area (Å²) in [6.45, 7) is 0.476. The second-order valence-electron chi connectivity index (χ2n) is 5.49. The second kappa shape index (κ2) is 6.58. The van der Waals surface area contributed by atoms with Gasteiger partial charge in [-0.25, -0.2) is 0 Å². The van der Waals surface area contributed by atoms with Crippen LogP contribution in [0.5, 0.6) is 17.2 Å². The first kappa shape index (κ1) is 16.2. The van der Waals surface area contributed by atoms with E-state index in [0.717, 1.165) is 16.0 Å². The number of fused-ring (bicyclic) bond motifs is 2. The van der Waals surface area contributed by atoms with Gasteiger partial charge in [0.05, 0.1) is 23.9 Å². The molecule has 7 heteroatoms. The van der Waals surface area contributed by atoms with Crippen LogP contribution in [0.1, 0.15) is 10.4 Å². The van der Waals surface area contributed by atoms with Crippen molar-refractivity contribution in [1.29, 1.82) is 0 Å². The van der Waals surface area contributed by atoms with Crippen molar-refractivity contribution >= 4 is 27.5 Å². The van der Waals surface area contributed by atoms with Crippen molar-refractivity contribution in [2.75, 3.05) is 13.9 Å². The maximum Gasteiger partial charge on any atom is 0.279 e. The second-order valence-corrected chi connectivity index (χ2v) is 6.50. The van der Waals surface area contributed by atoms with Gasteiger partial charge in [-0.3, -0.25) is 4.79 Å². The van der Waals surface area contributed by atoms with Gasteiger partial charge in [0.25, 0.3) is 5.91 Å². The molecule has 6 nitrogen and oxygen atoms in total. The number of carbonyl (C=O) groups is 1. The SMILES string of the molecule is C#CCn1c(=NC(=O)c2ccc3c(c2)OCO3)sc2cc(OC)ccc21. The molecule has 0 fully saturated rings. The Hall–Kier alpha value is -3.24. The number of aromatic nitrogens is 1. The van der Waals surface area contributed by atoms with E-state index in [1.165, 1.54) is 11.3 Å². The van der Waals surface area contributed by atoms with Crippen molar-refractivity contribution in [2.45, 2.75) is 6.54 Å². The zero-order valence-electron chi connectivity index (χ0n) is 13.9. The highest BCUT2D eigenvalue weighted by atomic mass is 32.1. The minimum absolute atomic E-state index is 0.157. The highest BCUT2D eigenvalue weighted by Crippen LogP contribution is 2.32. The van der Waals surface area contributed by atoms with Gasteiger partial charge in [0.1, 0.15) is 5.75 Å². The fourth-order valence-corrected chi connectivity index (χ4v) is 3.75. The topological polar surface area (TPSA) is 62.1 Å². The van der Waals surface area contributed by atoms with E-state index in [-0.39, 0.29) is 12.7 Å². The number of hydrogen-bond acceptors (Lipinski definition) is 5. The van der Waals surface area contributed by atoms with Crippen LogP contribution in [-0.4, -0.2) is 24.4 Å². The fraction of sp³-hybridized carbons (Fsp3) is 0.158. The third-order valence-corrected chi connectivity index (χ3v) is 5.00. The largest absolute Gasteiger partial charge is 0.497 e. The van der Waals surface area contributed by atoms with Crippen molar-refractivity contribution in [3.63, 3.8) is 0 Å². The minimum atomic E-state index is -0.368. The van der Waals surface area contributed by atoms with Crippen LogP contribution in [0.25, 0.3) is 10.2 Å². The number of carbonyl (C=O) groups excluding carboxylic acids is 1. The first-order valence-electron chi connectivity index (χ1n) is 7.79. The third-order valence-electron chi connectivity index (χ3n) is 3.96. The molecule has 26 heavy (non-hydrogen) atoms. The summed E-state index contributed by atoms with van der Waals surface area (Å²) in [6.07, 6.45) is 5.49. The van der Waals surface area contributed by atoms with Gasteiger partial charge in [-0.15, -0.1) is 6.42 Å². The molecule has 0 unspecified atom stereocenters. The molecule has 2 heterocycles. The number of thiazole rings is 1. The third kappa shape index (κ3) is 2.80. The molecular weight excluding hydrogens is 352 g/mol. The Bertz CT molecular complexity index is 1120. The molecule has 0 spiro atoms. The normalized spacial score (nSPS) is 13.0. The van der Waals surface area contributed by atoms with Crippen molar-refractivity contribution in [3.8, 4) is 29.6 Å². The molecule has 0 aliphatic carbocycles. The monoisotopic (exact) mass is 366 g/mol. The lowest BCUT2D eigenvalue weighted by Gasteiger charge is -2.02. The van der Waals surface area contributed by atoms with Gasteiger partial charge < -0.3 is 18.8 Å². The number of amides is 1. The highest BCUT2D eigenvalue weighted by Gasteiger charge is 2.16. The van der Waals surface area contributed by atoms with Crippen molar-refractivity contribution in [3.05, 3.63) is 46.8 Å². The molecule has 4 rings (SSSR count). The summed E-state index contributed by atoms with van der Waals surface area (Å²) in [4.78, 5) is 17.4. The van der Waals surface area contributed by atoms with E-state index in [9.17, 15) is 4.79 Å². The van der Waals surface area contributed by atoms with E-state index < -0.39 is 0 Å². The van der Waals surface area contributed by atoms with E-state index in [0.29, 0.717) is 28.4 Å². The zero-order valence-corrected chi connectivity index (χ0v) is 14.7. The highest BCUT2D eigenvalue weighted by molar-refractivity contribution is 7.16. The molecule has 1 amide bonds. The molecular formula is C19H14N2O4S. The van der Waals surface area contributed by atoms with Crippen molar-refractivity contribution in [2.24, 2.45) is 4.99 Å². The summed E-state index contributed by atoms with van der Waals surface area (Å²) in [5, 5.41) is 0. The molecule has 1 aromatic heterocycles. The van der Waals surface area contributed by atoms with Crippen LogP contribution in [0, 0.1) is 12.3 Å². The van der Waals surface area contributed by atoms with Crippen LogP contribution in [0.15, 0.2) is 41.4 Å². The van der Waals surface area contributed by atoms with E-state index in [2.05, 4.69) is 10.9 Å². The lowest BCUT2D eigenvalue weighted by atomic mass is 10.2. The number of methoxy groups -OCH3 is 1. The lowest BCUT2D eigenvalue weighted by Crippen LogP contribution is -2.16. The van der Waals surface area contributed by atoms with Gasteiger partial charge in [-0.1, -0.05) is 17.3 Å². The molecule has 2 aromatic carbocycles. The number of hydrogen-bond donors (Lipinski definition) is 0. The molecule has 0 radical (unpaired) electrons. The van der Waals surface area contributed by atoms with Crippen molar-refractivity contribution < 1.29 is 19.0 Å². The van der Waals surface area contributed by atoms with E-state index >= 15 is 0 Å². The quantitative estimate of drug-likeness (QED) is 0.669. The van der Waals surface area contributed by atoms with Crippen molar-refractivity contribution in [1.82, 2.24) is 4.57 Å². The Labute approximate surface area is 153 Å². The van der Waals surface area contributed by atoms with E-state index in [1.807, 2.05) is 22.8 Å². The lowest BCUT2D eigenvalue weighted by molar-refractivity contribution is 0.0997. The summed E-state index contributed by atoms with van der Waals surface area (Å²) in [6, 6.07) is 10.7. The summed E-state index contributed by atoms with van der Waals surface area (Å²) in [5.41, 5.74) is 1.34. The average Bonchev–Trinajstić information content (AvgIpc) is 3.25. The first-order chi connectivity index (χ1) is 12.7. The predicted molar refractivity (Wildman–Crippen MR) is 97.7 cm³/mol. The molecule has 130 valence electrons. The minimum Gasteiger partial charge on any atom is -0.497 e. The maximum absolute atomic E-state index is 12.6. The first-order valence-corrected chi connectivity index (χ1v) is 8.61. The summed E-state index contributed by atoms with van der Waals surface area (Å²) < 4.78 is 18.6. The maximum atomic E-state index is 12.6. The standard InChI is InChI=1S/C19H14N2O4S/c1-3-8-21-14-6-5-13(23-2)10-17(14)26-19(21)20-18(22)12-4-7-15-16(9-12)25-11-24-15/h1,4-7,9-10H,8,11H2,2H3.